The zero-order chi connectivity index (χ0) is 10.7. The molecule has 2 heteroatoms. The van der Waals surface area contributed by atoms with Crippen LogP contribution in [0.1, 0.15) is 29.7 Å². The van der Waals surface area contributed by atoms with Crippen LogP contribution < -0.4 is 5.73 Å². The molecule has 3 N–H and O–H groups in total. The highest BCUT2D eigenvalue weighted by Crippen LogP contribution is 2.26. The first-order valence-corrected chi connectivity index (χ1v) is 5.02. The van der Waals surface area contributed by atoms with Gasteiger partial charge in [0.2, 0.25) is 0 Å². The summed E-state index contributed by atoms with van der Waals surface area (Å²) in [4.78, 5) is 0. The number of aliphatic hydroxyl groups is 1. The van der Waals surface area contributed by atoms with Gasteiger partial charge in [0.25, 0.3) is 0 Å². The second-order valence-corrected chi connectivity index (χ2v) is 3.96. The number of hydrogen-bond donors (Lipinski definition) is 2. The monoisotopic (exact) mass is 193 g/mol. The molecule has 14 heavy (non-hydrogen) atoms. The fourth-order valence-electron chi connectivity index (χ4n) is 1.71. The van der Waals surface area contributed by atoms with Crippen molar-refractivity contribution in [2.24, 2.45) is 11.7 Å². The normalized spacial score (nSPS) is 15.2. The van der Waals surface area contributed by atoms with E-state index in [4.69, 9.17) is 5.73 Å². The molecular formula is C12H19NO. The Hall–Kier alpha value is -0.860. The predicted octanol–water partition coefficient (Wildman–Crippen LogP) is 1.93. The van der Waals surface area contributed by atoms with E-state index < -0.39 is 6.10 Å². The molecule has 0 saturated heterocycles. The van der Waals surface area contributed by atoms with Crippen molar-refractivity contribution >= 4 is 0 Å². The minimum absolute atomic E-state index is 0.106. The molecule has 0 heterocycles. The summed E-state index contributed by atoms with van der Waals surface area (Å²) in [5, 5.41) is 10.1. The van der Waals surface area contributed by atoms with Gasteiger partial charge in [-0.25, -0.2) is 0 Å². The minimum atomic E-state index is -0.443. The third-order valence-electron chi connectivity index (χ3n) is 2.75. The molecule has 78 valence electrons. The van der Waals surface area contributed by atoms with Gasteiger partial charge < -0.3 is 10.8 Å². The quantitative estimate of drug-likeness (QED) is 0.770. The van der Waals surface area contributed by atoms with E-state index in [1.54, 1.807) is 0 Å². The van der Waals surface area contributed by atoms with Gasteiger partial charge in [-0.2, -0.15) is 0 Å². The van der Waals surface area contributed by atoms with Crippen molar-refractivity contribution in [2.75, 3.05) is 6.54 Å². The molecule has 0 bridgehead atoms. The Morgan fingerprint density at radius 3 is 2.21 bits per heavy atom. The van der Waals surface area contributed by atoms with Crippen LogP contribution in [0.5, 0.6) is 0 Å². The summed E-state index contributed by atoms with van der Waals surface area (Å²) in [5.74, 6) is 0.106. The van der Waals surface area contributed by atoms with Crippen LogP contribution in [0, 0.1) is 19.8 Å². The molecule has 0 radical (unpaired) electrons. The van der Waals surface area contributed by atoms with E-state index >= 15 is 0 Å². The fourth-order valence-corrected chi connectivity index (χ4v) is 1.71. The van der Waals surface area contributed by atoms with Crippen molar-refractivity contribution in [1.29, 1.82) is 0 Å². The van der Waals surface area contributed by atoms with E-state index in [-0.39, 0.29) is 5.92 Å². The average Bonchev–Trinajstić information content (AvgIpc) is 2.16. The number of aliphatic hydroxyl groups excluding tert-OH is 1. The Morgan fingerprint density at radius 1 is 1.29 bits per heavy atom. The summed E-state index contributed by atoms with van der Waals surface area (Å²) < 4.78 is 0. The first-order chi connectivity index (χ1) is 6.57. The van der Waals surface area contributed by atoms with E-state index in [2.05, 4.69) is 0 Å². The Morgan fingerprint density at radius 2 is 1.79 bits per heavy atom. The lowest BCUT2D eigenvalue weighted by Gasteiger charge is -2.21. The second kappa shape index (κ2) is 4.58. The van der Waals surface area contributed by atoms with Gasteiger partial charge in [-0.15, -0.1) is 0 Å². The molecule has 1 aromatic rings. The van der Waals surface area contributed by atoms with Crippen molar-refractivity contribution in [2.45, 2.75) is 26.9 Å². The Bertz CT molecular complexity index is 289. The van der Waals surface area contributed by atoms with Gasteiger partial charge in [-0.3, -0.25) is 0 Å². The van der Waals surface area contributed by atoms with Crippen molar-refractivity contribution in [3.8, 4) is 0 Å². The molecular weight excluding hydrogens is 174 g/mol. The fraction of sp³-hybridized carbons (Fsp3) is 0.500. The number of benzene rings is 1. The van der Waals surface area contributed by atoms with E-state index in [9.17, 15) is 5.11 Å². The molecule has 0 saturated carbocycles. The molecule has 2 unspecified atom stereocenters. The predicted molar refractivity (Wildman–Crippen MR) is 59.1 cm³/mol. The van der Waals surface area contributed by atoms with Crippen molar-refractivity contribution in [3.63, 3.8) is 0 Å². The summed E-state index contributed by atoms with van der Waals surface area (Å²) >= 11 is 0. The minimum Gasteiger partial charge on any atom is -0.388 e. The molecule has 1 aromatic carbocycles. The van der Waals surface area contributed by atoms with Gasteiger partial charge in [0.15, 0.2) is 0 Å². The molecule has 0 aliphatic carbocycles. The number of rotatable bonds is 3. The SMILES string of the molecule is Cc1cccc(C)c1C(O)C(C)CN. The van der Waals surface area contributed by atoms with E-state index in [1.807, 2.05) is 39.0 Å². The molecule has 1 rings (SSSR count). The lowest BCUT2D eigenvalue weighted by Crippen LogP contribution is -2.20. The maximum Gasteiger partial charge on any atom is 0.0832 e. The molecule has 0 fully saturated rings. The van der Waals surface area contributed by atoms with Gasteiger partial charge in [0.05, 0.1) is 6.10 Å². The third kappa shape index (κ3) is 2.14. The van der Waals surface area contributed by atoms with Gasteiger partial charge in [0.1, 0.15) is 0 Å². The first kappa shape index (κ1) is 11.2. The van der Waals surface area contributed by atoms with Crippen LogP contribution >= 0.6 is 0 Å². The molecule has 0 aliphatic rings. The van der Waals surface area contributed by atoms with Crippen molar-refractivity contribution in [3.05, 3.63) is 34.9 Å². The average molecular weight is 193 g/mol. The summed E-state index contributed by atoms with van der Waals surface area (Å²) in [6.07, 6.45) is -0.443. The zero-order valence-electron chi connectivity index (χ0n) is 9.12. The highest BCUT2D eigenvalue weighted by atomic mass is 16.3. The molecule has 2 nitrogen and oxygen atoms in total. The summed E-state index contributed by atoms with van der Waals surface area (Å²) in [6, 6.07) is 6.05. The molecule has 2 atom stereocenters. The topological polar surface area (TPSA) is 46.2 Å². The summed E-state index contributed by atoms with van der Waals surface area (Å²) in [7, 11) is 0. The Balaban J connectivity index is 3.05. The Kier molecular flexibility index (Phi) is 3.67. The van der Waals surface area contributed by atoms with Crippen LogP contribution in [0.3, 0.4) is 0 Å². The number of aryl methyl sites for hydroxylation is 2. The van der Waals surface area contributed by atoms with Crippen LogP contribution in [0.4, 0.5) is 0 Å². The van der Waals surface area contributed by atoms with Crippen LogP contribution in [0.15, 0.2) is 18.2 Å². The number of nitrogens with two attached hydrogens (primary N) is 1. The second-order valence-electron chi connectivity index (χ2n) is 3.96. The zero-order valence-corrected chi connectivity index (χ0v) is 9.12. The van der Waals surface area contributed by atoms with Gasteiger partial charge in [-0.1, -0.05) is 25.1 Å². The first-order valence-electron chi connectivity index (χ1n) is 5.02. The van der Waals surface area contributed by atoms with Crippen molar-refractivity contribution < 1.29 is 5.11 Å². The lowest BCUT2D eigenvalue weighted by molar-refractivity contribution is 0.120. The largest absolute Gasteiger partial charge is 0.388 e. The van der Waals surface area contributed by atoms with Crippen molar-refractivity contribution in [1.82, 2.24) is 0 Å². The molecule has 0 aromatic heterocycles. The maximum absolute atomic E-state index is 10.1. The van der Waals surface area contributed by atoms with Gasteiger partial charge >= 0.3 is 0 Å². The lowest BCUT2D eigenvalue weighted by atomic mass is 9.91. The Labute approximate surface area is 85.8 Å². The molecule has 0 amide bonds. The standard InChI is InChI=1S/C12H19NO/c1-8-5-4-6-9(2)11(8)12(14)10(3)7-13/h4-6,10,12,14H,7,13H2,1-3H3. The van der Waals surface area contributed by atoms with Crippen LogP contribution in [0.25, 0.3) is 0 Å². The van der Waals surface area contributed by atoms with Crippen LogP contribution in [-0.2, 0) is 0 Å². The van der Waals surface area contributed by atoms with E-state index in [1.165, 1.54) is 0 Å². The highest BCUT2D eigenvalue weighted by Gasteiger charge is 2.18. The maximum atomic E-state index is 10.1. The van der Waals surface area contributed by atoms with Crippen LogP contribution in [-0.4, -0.2) is 11.7 Å². The highest BCUT2D eigenvalue weighted by molar-refractivity contribution is 5.35. The molecule has 0 aliphatic heterocycles. The van der Waals surface area contributed by atoms with Crippen LogP contribution in [0.2, 0.25) is 0 Å². The summed E-state index contributed by atoms with van der Waals surface area (Å²) in [6.45, 7) is 6.52. The van der Waals surface area contributed by atoms with Gasteiger partial charge in [-0.05, 0) is 43.0 Å². The molecule has 0 spiro atoms. The third-order valence-corrected chi connectivity index (χ3v) is 2.75. The smallest absolute Gasteiger partial charge is 0.0832 e. The summed E-state index contributed by atoms with van der Waals surface area (Å²) in [5.41, 5.74) is 8.86. The van der Waals surface area contributed by atoms with E-state index in [0.29, 0.717) is 6.54 Å². The van der Waals surface area contributed by atoms with E-state index in [0.717, 1.165) is 16.7 Å². The van der Waals surface area contributed by atoms with Gasteiger partial charge in [0, 0.05) is 0 Å². The number of hydrogen-bond acceptors (Lipinski definition) is 2.